The molecule has 0 aliphatic carbocycles. The standard InChI is InChI=1S/C19H20N4O2/c1-25-12-4-11-21-19(24)17-9-8-15(13-22-17)23-16-7-2-5-14-6-3-10-20-18(14)16/h2-3,5-10,13,23H,4,11-12H2,1H3,(H,21,24). The van der Waals surface area contributed by atoms with Gasteiger partial charge in [-0.25, -0.2) is 4.98 Å². The van der Waals surface area contributed by atoms with E-state index in [0.717, 1.165) is 28.7 Å². The normalized spacial score (nSPS) is 10.6. The molecule has 0 fully saturated rings. The van der Waals surface area contributed by atoms with Crippen molar-refractivity contribution >= 4 is 28.2 Å². The third-order valence-electron chi connectivity index (χ3n) is 3.72. The summed E-state index contributed by atoms with van der Waals surface area (Å²) in [6.07, 6.45) is 4.19. The fourth-order valence-electron chi connectivity index (χ4n) is 2.47. The maximum absolute atomic E-state index is 12.0. The van der Waals surface area contributed by atoms with Crippen LogP contribution in [0.1, 0.15) is 16.9 Å². The van der Waals surface area contributed by atoms with Gasteiger partial charge in [-0.2, -0.15) is 0 Å². The van der Waals surface area contributed by atoms with E-state index in [1.54, 1.807) is 25.6 Å². The minimum absolute atomic E-state index is 0.186. The van der Waals surface area contributed by atoms with Gasteiger partial charge >= 0.3 is 0 Å². The fourth-order valence-corrected chi connectivity index (χ4v) is 2.47. The van der Waals surface area contributed by atoms with Crippen molar-refractivity contribution in [2.24, 2.45) is 0 Å². The number of hydrogen-bond donors (Lipinski definition) is 2. The van der Waals surface area contributed by atoms with Crippen LogP contribution in [0.2, 0.25) is 0 Å². The van der Waals surface area contributed by atoms with Gasteiger partial charge in [-0.15, -0.1) is 0 Å². The van der Waals surface area contributed by atoms with Gasteiger partial charge in [0, 0.05) is 31.8 Å². The zero-order valence-corrected chi connectivity index (χ0v) is 14.0. The van der Waals surface area contributed by atoms with E-state index in [2.05, 4.69) is 20.6 Å². The number of nitrogens with zero attached hydrogens (tertiary/aromatic N) is 2. The van der Waals surface area contributed by atoms with Gasteiger partial charge in [-0.3, -0.25) is 9.78 Å². The molecule has 0 saturated carbocycles. The van der Waals surface area contributed by atoms with Crippen molar-refractivity contribution in [2.45, 2.75) is 6.42 Å². The summed E-state index contributed by atoms with van der Waals surface area (Å²) in [6, 6.07) is 13.4. The molecule has 2 heterocycles. The number of carbonyl (C=O) groups is 1. The van der Waals surface area contributed by atoms with E-state index >= 15 is 0 Å². The molecule has 128 valence electrons. The number of benzene rings is 1. The Bertz CT molecular complexity index is 844. The van der Waals surface area contributed by atoms with Gasteiger partial charge < -0.3 is 15.4 Å². The Morgan fingerprint density at radius 1 is 1.12 bits per heavy atom. The predicted octanol–water partition coefficient (Wildman–Crippen LogP) is 3.14. The highest BCUT2D eigenvalue weighted by Gasteiger charge is 2.07. The molecule has 0 spiro atoms. The molecule has 3 aromatic rings. The van der Waals surface area contributed by atoms with Crippen molar-refractivity contribution in [3.05, 3.63) is 60.6 Å². The lowest BCUT2D eigenvalue weighted by atomic mass is 10.2. The minimum Gasteiger partial charge on any atom is -0.385 e. The van der Waals surface area contributed by atoms with Crippen LogP contribution in [0, 0.1) is 0 Å². The first kappa shape index (κ1) is 16.9. The van der Waals surface area contributed by atoms with E-state index in [4.69, 9.17) is 4.74 Å². The summed E-state index contributed by atoms with van der Waals surface area (Å²) < 4.78 is 4.95. The van der Waals surface area contributed by atoms with Gasteiger partial charge in [0.25, 0.3) is 5.91 Å². The van der Waals surface area contributed by atoms with E-state index < -0.39 is 0 Å². The number of hydrogen-bond acceptors (Lipinski definition) is 5. The number of ether oxygens (including phenoxy) is 1. The molecule has 1 amide bonds. The number of anilines is 2. The maximum Gasteiger partial charge on any atom is 0.269 e. The summed E-state index contributed by atoms with van der Waals surface area (Å²) in [7, 11) is 1.64. The number of methoxy groups -OCH3 is 1. The number of rotatable bonds is 7. The summed E-state index contributed by atoms with van der Waals surface area (Å²) in [5.74, 6) is -0.186. The lowest BCUT2D eigenvalue weighted by Crippen LogP contribution is -2.26. The first-order valence-corrected chi connectivity index (χ1v) is 8.12. The molecular formula is C19H20N4O2. The van der Waals surface area contributed by atoms with Gasteiger partial charge in [0.2, 0.25) is 0 Å². The number of amides is 1. The van der Waals surface area contributed by atoms with Crippen molar-refractivity contribution in [1.29, 1.82) is 0 Å². The Morgan fingerprint density at radius 3 is 2.80 bits per heavy atom. The van der Waals surface area contributed by atoms with Crippen molar-refractivity contribution in [2.75, 3.05) is 25.6 Å². The van der Waals surface area contributed by atoms with Crippen LogP contribution >= 0.6 is 0 Å². The highest BCUT2D eigenvalue weighted by molar-refractivity contribution is 5.93. The second kappa shape index (κ2) is 8.21. The highest BCUT2D eigenvalue weighted by Crippen LogP contribution is 2.24. The Hall–Kier alpha value is -2.99. The van der Waals surface area contributed by atoms with Gasteiger partial charge in [0.1, 0.15) is 5.69 Å². The molecule has 3 rings (SSSR count). The van der Waals surface area contributed by atoms with Crippen LogP contribution in [-0.2, 0) is 4.74 Å². The van der Waals surface area contributed by atoms with Gasteiger partial charge in [0.15, 0.2) is 0 Å². The van der Waals surface area contributed by atoms with Crippen LogP contribution in [0.15, 0.2) is 54.9 Å². The number of carbonyl (C=O) groups excluding carboxylic acids is 1. The average Bonchev–Trinajstić information content (AvgIpc) is 2.66. The van der Waals surface area contributed by atoms with Crippen LogP contribution in [0.4, 0.5) is 11.4 Å². The van der Waals surface area contributed by atoms with E-state index in [9.17, 15) is 4.79 Å². The van der Waals surface area contributed by atoms with E-state index in [1.165, 1.54) is 0 Å². The number of fused-ring (bicyclic) bond motifs is 1. The van der Waals surface area contributed by atoms with Crippen molar-refractivity contribution in [1.82, 2.24) is 15.3 Å². The predicted molar refractivity (Wildman–Crippen MR) is 98.1 cm³/mol. The molecule has 0 radical (unpaired) electrons. The molecule has 0 atom stereocenters. The molecule has 0 saturated heterocycles. The Kier molecular flexibility index (Phi) is 5.53. The topological polar surface area (TPSA) is 76.1 Å². The van der Waals surface area contributed by atoms with Crippen LogP contribution in [-0.4, -0.2) is 36.1 Å². The summed E-state index contributed by atoms with van der Waals surface area (Å²) in [5, 5.41) is 7.18. The summed E-state index contributed by atoms with van der Waals surface area (Å²) in [5.41, 5.74) is 2.98. The summed E-state index contributed by atoms with van der Waals surface area (Å²) in [4.78, 5) is 20.6. The lowest BCUT2D eigenvalue weighted by molar-refractivity contribution is 0.0943. The smallest absolute Gasteiger partial charge is 0.269 e. The zero-order valence-electron chi connectivity index (χ0n) is 14.0. The molecule has 0 bridgehead atoms. The Labute approximate surface area is 146 Å². The van der Waals surface area contributed by atoms with E-state index in [0.29, 0.717) is 18.8 Å². The molecule has 6 heteroatoms. The molecule has 0 aliphatic heterocycles. The SMILES string of the molecule is COCCCNC(=O)c1ccc(Nc2cccc3cccnc23)cn1. The molecule has 25 heavy (non-hydrogen) atoms. The summed E-state index contributed by atoms with van der Waals surface area (Å²) in [6.45, 7) is 1.19. The fraction of sp³-hybridized carbons (Fsp3) is 0.211. The van der Waals surface area contributed by atoms with Crippen LogP contribution in [0.3, 0.4) is 0 Å². The summed E-state index contributed by atoms with van der Waals surface area (Å²) >= 11 is 0. The van der Waals surface area contributed by atoms with E-state index in [-0.39, 0.29) is 5.91 Å². The second-order valence-electron chi connectivity index (χ2n) is 5.54. The highest BCUT2D eigenvalue weighted by atomic mass is 16.5. The number of aromatic nitrogens is 2. The zero-order chi connectivity index (χ0) is 17.5. The quantitative estimate of drug-likeness (QED) is 0.648. The van der Waals surface area contributed by atoms with Gasteiger partial charge in [-0.05, 0) is 30.7 Å². The molecule has 0 unspecified atom stereocenters. The molecule has 6 nitrogen and oxygen atoms in total. The second-order valence-corrected chi connectivity index (χ2v) is 5.54. The van der Waals surface area contributed by atoms with Crippen molar-refractivity contribution in [3.8, 4) is 0 Å². The first-order chi connectivity index (χ1) is 12.3. The number of para-hydroxylation sites is 1. The van der Waals surface area contributed by atoms with E-state index in [1.807, 2.05) is 36.4 Å². The van der Waals surface area contributed by atoms with Crippen LogP contribution < -0.4 is 10.6 Å². The molecular weight excluding hydrogens is 316 g/mol. The Morgan fingerprint density at radius 2 is 2.00 bits per heavy atom. The number of pyridine rings is 2. The van der Waals surface area contributed by atoms with Crippen molar-refractivity contribution < 1.29 is 9.53 Å². The van der Waals surface area contributed by atoms with Crippen molar-refractivity contribution in [3.63, 3.8) is 0 Å². The van der Waals surface area contributed by atoms with Gasteiger partial charge in [-0.1, -0.05) is 18.2 Å². The largest absolute Gasteiger partial charge is 0.385 e. The van der Waals surface area contributed by atoms with Gasteiger partial charge in [0.05, 0.1) is 23.1 Å². The monoisotopic (exact) mass is 336 g/mol. The lowest BCUT2D eigenvalue weighted by Gasteiger charge is -2.09. The maximum atomic E-state index is 12.0. The third-order valence-corrected chi connectivity index (χ3v) is 3.72. The molecule has 0 aliphatic rings. The third kappa shape index (κ3) is 4.30. The number of nitrogens with one attached hydrogen (secondary N) is 2. The molecule has 2 aromatic heterocycles. The minimum atomic E-state index is -0.186. The van der Waals surface area contributed by atoms with Crippen LogP contribution in [0.5, 0.6) is 0 Å². The molecule has 2 N–H and O–H groups in total. The first-order valence-electron chi connectivity index (χ1n) is 8.12. The molecule has 1 aromatic carbocycles. The Balaban J connectivity index is 1.67. The average molecular weight is 336 g/mol. The van der Waals surface area contributed by atoms with Crippen LogP contribution in [0.25, 0.3) is 10.9 Å².